The zero-order valence-corrected chi connectivity index (χ0v) is 28.3. The minimum absolute atomic E-state index is 0.0591. The van der Waals surface area contributed by atoms with Crippen molar-refractivity contribution in [1.82, 2.24) is 5.32 Å². The highest BCUT2D eigenvalue weighted by atomic mass is 35.5. The number of amides is 1. The summed E-state index contributed by atoms with van der Waals surface area (Å²) in [5.41, 5.74) is 4.06. The lowest BCUT2D eigenvalue weighted by Gasteiger charge is -2.30. The highest BCUT2D eigenvalue weighted by Crippen LogP contribution is 2.43. The SMILES string of the molecule is O=C(NCc1ccc(Cl)cc1Cl)[C@]1(C/C=C/c2ccccc2)N=C(c2ccc(OCCCO)cc2)O[C@@H]1c1ccc(-c2ccccc2)cc1. The fourth-order valence-electron chi connectivity index (χ4n) is 5.73. The number of ether oxygens (including phenoxy) is 2. The molecule has 1 amide bonds. The molecule has 1 aliphatic heterocycles. The van der Waals surface area contributed by atoms with E-state index >= 15 is 0 Å². The molecular weight excluding hydrogens is 655 g/mol. The van der Waals surface area contributed by atoms with E-state index in [0.717, 1.165) is 27.8 Å². The van der Waals surface area contributed by atoms with Crippen LogP contribution in [0.25, 0.3) is 17.2 Å². The largest absolute Gasteiger partial charge is 0.494 e. The van der Waals surface area contributed by atoms with Crippen molar-refractivity contribution in [3.05, 3.63) is 166 Å². The number of aliphatic hydroxyl groups excluding tert-OH is 1. The van der Waals surface area contributed by atoms with Gasteiger partial charge in [-0.15, -0.1) is 0 Å². The van der Waals surface area contributed by atoms with Crippen LogP contribution in [0.1, 0.15) is 41.2 Å². The van der Waals surface area contributed by atoms with Crippen LogP contribution >= 0.6 is 23.2 Å². The highest BCUT2D eigenvalue weighted by Gasteiger charge is 2.52. The molecule has 49 heavy (non-hydrogen) atoms. The standard InChI is InChI=1S/C41H36Cl2N2O4/c42-35-21-18-34(37(43)27-35)28-44-40(47)41(24-7-11-29-9-3-1-4-10-29)38(32-16-14-31(15-17-32)30-12-5-2-6-13-30)49-39(45-41)33-19-22-36(23-20-33)48-26-8-25-46/h1-7,9-23,27,38,46H,8,24-26,28H2,(H,44,47)/b11-7+/t38-,41-/m1/s1. The number of nitrogens with one attached hydrogen (secondary N) is 1. The van der Waals surface area contributed by atoms with Gasteiger partial charge in [0, 0.05) is 41.6 Å². The number of hydrogen-bond donors (Lipinski definition) is 2. The molecule has 6 nitrogen and oxygen atoms in total. The third kappa shape index (κ3) is 8.23. The van der Waals surface area contributed by atoms with Crippen molar-refractivity contribution in [1.29, 1.82) is 0 Å². The topological polar surface area (TPSA) is 80.2 Å². The average molecular weight is 692 g/mol. The van der Waals surface area contributed by atoms with Crippen molar-refractivity contribution >= 4 is 41.1 Å². The third-order valence-corrected chi connectivity index (χ3v) is 8.93. The molecule has 8 heteroatoms. The van der Waals surface area contributed by atoms with Gasteiger partial charge in [-0.3, -0.25) is 4.79 Å². The minimum Gasteiger partial charge on any atom is -0.494 e. The molecule has 0 fully saturated rings. The van der Waals surface area contributed by atoms with Crippen molar-refractivity contribution in [3.63, 3.8) is 0 Å². The zero-order chi connectivity index (χ0) is 34.1. The molecule has 248 valence electrons. The fourth-order valence-corrected chi connectivity index (χ4v) is 6.20. The molecule has 0 saturated carbocycles. The molecule has 0 saturated heterocycles. The molecule has 0 aliphatic carbocycles. The lowest BCUT2D eigenvalue weighted by atomic mass is 9.83. The summed E-state index contributed by atoms with van der Waals surface area (Å²) in [4.78, 5) is 19.7. The Balaban J connectivity index is 1.39. The first-order valence-electron chi connectivity index (χ1n) is 16.1. The molecular formula is C41H36Cl2N2O4. The molecule has 1 aliphatic rings. The van der Waals surface area contributed by atoms with Crippen LogP contribution in [-0.4, -0.2) is 35.7 Å². The summed E-state index contributed by atoms with van der Waals surface area (Å²) in [6.07, 6.45) is 4.03. The van der Waals surface area contributed by atoms with E-state index < -0.39 is 11.6 Å². The Morgan fingerprint density at radius 2 is 1.53 bits per heavy atom. The van der Waals surface area contributed by atoms with Gasteiger partial charge in [-0.1, -0.05) is 126 Å². The van der Waals surface area contributed by atoms with Gasteiger partial charge in [-0.25, -0.2) is 4.99 Å². The van der Waals surface area contributed by atoms with Gasteiger partial charge in [0.1, 0.15) is 5.75 Å². The number of carbonyl (C=O) groups excluding carboxylic acids is 1. The number of benzene rings is 5. The Hall–Kier alpha value is -4.88. The van der Waals surface area contributed by atoms with Gasteiger partial charge in [0.05, 0.1) is 6.61 Å². The summed E-state index contributed by atoms with van der Waals surface area (Å²) in [7, 11) is 0. The molecule has 5 aromatic rings. The van der Waals surface area contributed by atoms with Crippen molar-refractivity contribution in [2.24, 2.45) is 4.99 Å². The predicted octanol–water partition coefficient (Wildman–Crippen LogP) is 9.10. The maximum Gasteiger partial charge on any atom is 0.252 e. The molecule has 0 spiro atoms. The van der Waals surface area contributed by atoms with E-state index in [-0.39, 0.29) is 25.5 Å². The van der Waals surface area contributed by atoms with Crippen LogP contribution < -0.4 is 10.1 Å². The number of halogens is 2. The first-order valence-corrected chi connectivity index (χ1v) is 16.9. The smallest absolute Gasteiger partial charge is 0.252 e. The Kier molecular flexibility index (Phi) is 11.1. The van der Waals surface area contributed by atoms with Gasteiger partial charge in [0.25, 0.3) is 5.91 Å². The van der Waals surface area contributed by atoms with Crippen LogP contribution in [0.3, 0.4) is 0 Å². The molecule has 0 unspecified atom stereocenters. The van der Waals surface area contributed by atoms with Crippen molar-refractivity contribution in [2.75, 3.05) is 13.2 Å². The van der Waals surface area contributed by atoms with Crippen molar-refractivity contribution < 1.29 is 19.4 Å². The molecule has 0 aromatic heterocycles. The average Bonchev–Trinajstić information content (AvgIpc) is 3.53. The normalized spacial score (nSPS) is 17.0. The Morgan fingerprint density at radius 1 is 0.857 bits per heavy atom. The van der Waals surface area contributed by atoms with Crippen LogP contribution in [0.5, 0.6) is 5.75 Å². The molecule has 6 rings (SSSR count). The van der Waals surface area contributed by atoms with Crippen molar-refractivity contribution in [2.45, 2.75) is 31.0 Å². The van der Waals surface area contributed by atoms with E-state index in [0.29, 0.717) is 40.3 Å². The molecule has 0 bridgehead atoms. The Bertz CT molecular complexity index is 1910. The summed E-state index contributed by atoms with van der Waals surface area (Å²) >= 11 is 12.6. The van der Waals surface area contributed by atoms with Crippen LogP contribution in [0, 0.1) is 0 Å². The lowest BCUT2D eigenvalue weighted by molar-refractivity contribution is -0.129. The first kappa shape index (κ1) is 34.0. The number of hydrogen-bond acceptors (Lipinski definition) is 5. The van der Waals surface area contributed by atoms with Gasteiger partial charge in [-0.2, -0.15) is 0 Å². The number of rotatable bonds is 13. The molecule has 0 radical (unpaired) electrons. The van der Waals surface area contributed by atoms with Crippen LogP contribution in [0.2, 0.25) is 10.0 Å². The molecule has 2 N–H and O–H groups in total. The van der Waals surface area contributed by atoms with Crippen molar-refractivity contribution in [3.8, 4) is 16.9 Å². The molecule has 5 aromatic carbocycles. The van der Waals surface area contributed by atoms with E-state index in [1.165, 1.54) is 0 Å². The summed E-state index contributed by atoms with van der Waals surface area (Å²) in [5, 5.41) is 13.2. The van der Waals surface area contributed by atoms with E-state index in [2.05, 4.69) is 17.4 Å². The van der Waals surface area contributed by atoms with Gasteiger partial charge in [-0.05, 0) is 64.2 Å². The summed E-state index contributed by atoms with van der Waals surface area (Å²) in [6.45, 7) is 0.649. The van der Waals surface area contributed by atoms with Gasteiger partial charge < -0.3 is 19.9 Å². The predicted molar refractivity (Wildman–Crippen MR) is 197 cm³/mol. The first-order chi connectivity index (χ1) is 23.9. The van der Waals surface area contributed by atoms with Crippen LogP contribution in [0.4, 0.5) is 0 Å². The Labute approximate surface area is 296 Å². The highest BCUT2D eigenvalue weighted by molar-refractivity contribution is 6.35. The third-order valence-electron chi connectivity index (χ3n) is 8.34. The van der Waals surface area contributed by atoms with E-state index in [4.69, 9.17) is 42.8 Å². The van der Waals surface area contributed by atoms with E-state index in [9.17, 15) is 4.79 Å². The molecule has 2 atom stereocenters. The summed E-state index contributed by atoms with van der Waals surface area (Å²) in [6, 6.07) is 40.8. The second kappa shape index (κ2) is 16.0. The summed E-state index contributed by atoms with van der Waals surface area (Å²) in [5.74, 6) is 0.720. The maximum atomic E-state index is 14.6. The lowest BCUT2D eigenvalue weighted by Crippen LogP contribution is -2.47. The number of aliphatic imine (C=N–C) groups is 1. The quantitative estimate of drug-likeness (QED) is 0.121. The number of aliphatic hydroxyl groups is 1. The van der Waals surface area contributed by atoms with E-state index in [1.54, 1.807) is 18.2 Å². The fraction of sp³-hybridized carbons (Fsp3) is 0.171. The van der Waals surface area contributed by atoms with Gasteiger partial charge >= 0.3 is 0 Å². The molecule has 1 heterocycles. The zero-order valence-electron chi connectivity index (χ0n) is 26.8. The maximum absolute atomic E-state index is 14.6. The van der Waals surface area contributed by atoms with E-state index in [1.807, 2.05) is 109 Å². The second-order valence-corrected chi connectivity index (χ2v) is 12.6. The monoisotopic (exact) mass is 690 g/mol. The minimum atomic E-state index is -1.36. The number of nitrogens with zero attached hydrogens (tertiary/aromatic N) is 1. The second-order valence-electron chi connectivity index (χ2n) is 11.7. The van der Waals surface area contributed by atoms with Gasteiger partial charge in [0.2, 0.25) is 5.90 Å². The Morgan fingerprint density at radius 3 is 2.22 bits per heavy atom. The van der Waals surface area contributed by atoms with Gasteiger partial charge in [0.15, 0.2) is 11.6 Å². The van der Waals surface area contributed by atoms with Crippen LogP contribution in [0.15, 0.2) is 138 Å². The number of carbonyl (C=O) groups is 1. The van der Waals surface area contributed by atoms with Crippen LogP contribution in [-0.2, 0) is 16.1 Å². The summed E-state index contributed by atoms with van der Waals surface area (Å²) < 4.78 is 12.4.